The summed E-state index contributed by atoms with van der Waals surface area (Å²) in [6.07, 6.45) is 0. The van der Waals surface area contributed by atoms with Crippen molar-refractivity contribution in [1.29, 1.82) is 0 Å². The summed E-state index contributed by atoms with van der Waals surface area (Å²) in [4.78, 5) is 25.0. The van der Waals surface area contributed by atoms with Crippen LogP contribution in [0.15, 0.2) is 24.3 Å². The molecule has 0 aliphatic carbocycles. The molecule has 0 atom stereocenters. The molecule has 1 aliphatic rings. The van der Waals surface area contributed by atoms with E-state index in [1.165, 1.54) is 6.07 Å². The lowest BCUT2D eigenvalue weighted by molar-refractivity contribution is -0.384. The van der Waals surface area contributed by atoms with Gasteiger partial charge in [-0.15, -0.1) is 0 Å². The number of hydrogen-bond acceptors (Lipinski definition) is 5. The van der Waals surface area contributed by atoms with Crippen LogP contribution in [0.4, 0.5) is 5.69 Å². The Hall–Kier alpha value is -1.99. The molecule has 0 radical (unpaired) electrons. The number of carboxylic acids is 1. The van der Waals surface area contributed by atoms with Crippen LogP contribution in [-0.2, 0) is 11.3 Å². The summed E-state index contributed by atoms with van der Waals surface area (Å²) >= 11 is 0. The Balaban J connectivity index is 1.88. The molecule has 7 heteroatoms. The van der Waals surface area contributed by atoms with Crippen LogP contribution in [0.2, 0.25) is 0 Å². The fourth-order valence-electron chi connectivity index (χ4n) is 2.32. The highest BCUT2D eigenvalue weighted by atomic mass is 16.6. The lowest BCUT2D eigenvalue weighted by Gasteiger charge is -2.33. The topological polar surface area (TPSA) is 86.9 Å². The SMILES string of the molecule is O=C(O)CN1CCN(Cc2cccc([N+](=O)[O-])c2)CC1. The molecule has 7 nitrogen and oxygen atoms in total. The number of carboxylic acid groups (broad SMARTS) is 1. The third-order valence-electron chi connectivity index (χ3n) is 3.35. The van der Waals surface area contributed by atoms with Gasteiger partial charge in [0.05, 0.1) is 11.5 Å². The molecule has 20 heavy (non-hydrogen) atoms. The van der Waals surface area contributed by atoms with E-state index in [9.17, 15) is 14.9 Å². The van der Waals surface area contributed by atoms with Gasteiger partial charge in [0, 0.05) is 44.9 Å². The highest BCUT2D eigenvalue weighted by Gasteiger charge is 2.19. The average Bonchev–Trinajstić information content (AvgIpc) is 2.41. The zero-order valence-corrected chi connectivity index (χ0v) is 11.1. The van der Waals surface area contributed by atoms with Crippen molar-refractivity contribution in [1.82, 2.24) is 9.80 Å². The van der Waals surface area contributed by atoms with E-state index in [1.54, 1.807) is 12.1 Å². The first kappa shape index (κ1) is 14.4. The Morgan fingerprint density at radius 1 is 1.25 bits per heavy atom. The first-order valence-electron chi connectivity index (χ1n) is 6.44. The molecule has 0 unspecified atom stereocenters. The van der Waals surface area contributed by atoms with Gasteiger partial charge in [-0.25, -0.2) is 0 Å². The summed E-state index contributed by atoms with van der Waals surface area (Å²) in [6.45, 7) is 3.70. The van der Waals surface area contributed by atoms with Crippen molar-refractivity contribution in [2.45, 2.75) is 6.54 Å². The number of nitrogens with zero attached hydrogens (tertiary/aromatic N) is 3. The molecular weight excluding hydrogens is 262 g/mol. The highest BCUT2D eigenvalue weighted by molar-refractivity contribution is 5.69. The van der Waals surface area contributed by atoms with E-state index >= 15 is 0 Å². The van der Waals surface area contributed by atoms with Gasteiger partial charge >= 0.3 is 5.97 Å². The standard InChI is InChI=1S/C13H17N3O4/c17-13(18)10-15-6-4-14(5-7-15)9-11-2-1-3-12(8-11)16(19)20/h1-3,8H,4-7,9-10H2,(H,17,18). The van der Waals surface area contributed by atoms with Crippen LogP contribution in [0.5, 0.6) is 0 Å². The Bertz CT molecular complexity index is 498. The number of hydrogen-bond donors (Lipinski definition) is 1. The zero-order chi connectivity index (χ0) is 14.5. The van der Waals surface area contributed by atoms with Gasteiger partial charge in [-0.05, 0) is 5.56 Å². The van der Waals surface area contributed by atoms with E-state index in [4.69, 9.17) is 5.11 Å². The molecule has 0 saturated carbocycles. The first-order chi connectivity index (χ1) is 9.54. The van der Waals surface area contributed by atoms with Crippen LogP contribution in [0.25, 0.3) is 0 Å². The molecule has 1 heterocycles. The molecule has 1 aliphatic heterocycles. The molecule has 108 valence electrons. The number of nitro benzene ring substituents is 1. The first-order valence-corrected chi connectivity index (χ1v) is 6.44. The summed E-state index contributed by atoms with van der Waals surface area (Å²) in [5, 5.41) is 19.5. The fraction of sp³-hybridized carbons (Fsp3) is 0.462. The van der Waals surface area contributed by atoms with Gasteiger partial charge in [-0.3, -0.25) is 24.7 Å². The largest absolute Gasteiger partial charge is 0.480 e. The summed E-state index contributed by atoms with van der Waals surface area (Å²) in [7, 11) is 0. The third-order valence-corrected chi connectivity index (χ3v) is 3.35. The molecule has 0 bridgehead atoms. The van der Waals surface area contributed by atoms with Gasteiger partial charge < -0.3 is 5.11 Å². The van der Waals surface area contributed by atoms with Gasteiger partial charge in [0.2, 0.25) is 0 Å². The predicted molar refractivity (Wildman–Crippen MR) is 72.4 cm³/mol. The van der Waals surface area contributed by atoms with Crippen LogP contribution in [0.3, 0.4) is 0 Å². The van der Waals surface area contributed by atoms with Gasteiger partial charge in [0.15, 0.2) is 0 Å². The van der Waals surface area contributed by atoms with Crippen LogP contribution < -0.4 is 0 Å². The number of nitro groups is 1. The molecule has 2 rings (SSSR count). The van der Waals surface area contributed by atoms with Crippen LogP contribution in [0, 0.1) is 10.1 Å². The Morgan fingerprint density at radius 2 is 1.90 bits per heavy atom. The van der Waals surface area contributed by atoms with Gasteiger partial charge in [0.25, 0.3) is 5.69 Å². The van der Waals surface area contributed by atoms with E-state index in [1.807, 2.05) is 11.0 Å². The molecule has 0 spiro atoms. The van der Waals surface area contributed by atoms with E-state index in [-0.39, 0.29) is 12.2 Å². The van der Waals surface area contributed by atoms with Gasteiger partial charge in [0.1, 0.15) is 0 Å². The van der Waals surface area contributed by atoms with Crippen molar-refractivity contribution in [3.8, 4) is 0 Å². The Kier molecular flexibility index (Phi) is 4.65. The number of non-ortho nitro benzene ring substituents is 1. The van der Waals surface area contributed by atoms with E-state index in [0.29, 0.717) is 19.6 Å². The van der Waals surface area contributed by atoms with Crippen molar-refractivity contribution in [2.75, 3.05) is 32.7 Å². The molecule has 0 aromatic heterocycles. The van der Waals surface area contributed by atoms with Crippen molar-refractivity contribution in [3.05, 3.63) is 39.9 Å². The number of piperazine rings is 1. The second-order valence-corrected chi connectivity index (χ2v) is 4.87. The summed E-state index contributed by atoms with van der Waals surface area (Å²) in [5.74, 6) is -0.808. The molecule has 1 aromatic rings. The lowest BCUT2D eigenvalue weighted by atomic mass is 10.1. The van der Waals surface area contributed by atoms with Crippen molar-refractivity contribution in [2.24, 2.45) is 0 Å². The van der Waals surface area contributed by atoms with E-state index in [0.717, 1.165) is 18.7 Å². The second kappa shape index (κ2) is 6.44. The summed E-state index contributed by atoms with van der Waals surface area (Å²) in [5.41, 5.74) is 1.01. The predicted octanol–water partition coefficient (Wildman–Crippen LogP) is 0.797. The average molecular weight is 279 g/mol. The Morgan fingerprint density at radius 3 is 2.50 bits per heavy atom. The van der Waals surface area contributed by atoms with Crippen LogP contribution in [0.1, 0.15) is 5.56 Å². The summed E-state index contributed by atoms with van der Waals surface area (Å²) < 4.78 is 0. The highest BCUT2D eigenvalue weighted by Crippen LogP contribution is 2.15. The van der Waals surface area contributed by atoms with Gasteiger partial charge in [-0.2, -0.15) is 0 Å². The zero-order valence-electron chi connectivity index (χ0n) is 11.1. The maximum atomic E-state index is 10.7. The van der Waals surface area contributed by atoms with E-state index in [2.05, 4.69) is 4.90 Å². The number of aliphatic carboxylic acids is 1. The third kappa shape index (κ3) is 4.01. The van der Waals surface area contributed by atoms with Crippen LogP contribution >= 0.6 is 0 Å². The minimum absolute atomic E-state index is 0.0741. The molecule has 1 fully saturated rings. The van der Waals surface area contributed by atoms with Crippen molar-refractivity contribution >= 4 is 11.7 Å². The summed E-state index contributed by atoms with van der Waals surface area (Å²) in [6, 6.07) is 6.63. The minimum Gasteiger partial charge on any atom is -0.480 e. The van der Waals surface area contributed by atoms with Crippen LogP contribution in [-0.4, -0.2) is 58.5 Å². The fourth-order valence-corrected chi connectivity index (χ4v) is 2.32. The number of rotatable bonds is 5. The molecule has 1 aromatic carbocycles. The smallest absolute Gasteiger partial charge is 0.317 e. The number of benzene rings is 1. The quantitative estimate of drug-likeness (QED) is 0.633. The van der Waals surface area contributed by atoms with Crippen molar-refractivity contribution in [3.63, 3.8) is 0 Å². The normalized spacial score (nSPS) is 17.0. The molecule has 1 saturated heterocycles. The second-order valence-electron chi connectivity index (χ2n) is 4.87. The lowest BCUT2D eigenvalue weighted by Crippen LogP contribution is -2.47. The monoisotopic (exact) mass is 279 g/mol. The molecule has 1 N–H and O–H groups in total. The van der Waals surface area contributed by atoms with Crippen molar-refractivity contribution < 1.29 is 14.8 Å². The Labute approximate surface area is 116 Å². The van der Waals surface area contributed by atoms with Gasteiger partial charge in [-0.1, -0.05) is 12.1 Å². The molecular formula is C13H17N3O4. The molecule has 0 amide bonds. The minimum atomic E-state index is -0.808. The number of carbonyl (C=O) groups is 1. The maximum Gasteiger partial charge on any atom is 0.317 e. The maximum absolute atomic E-state index is 10.7. The van der Waals surface area contributed by atoms with E-state index < -0.39 is 10.9 Å².